The molecular weight excluding hydrogens is 523 g/mol. The van der Waals surface area contributed by atoms with Crippen LogP contribution in [0.1, 0.15) is 41.2 Å². The van der Waals surface area contributed by atoms with Crippen molar-refractivity contribution in [3.8, 4) is 0 Å². The van der Waals surface area contributed by atoms with Gasteiger partial charge in [0.15, 0.2) is 0 Å². The van der Waals surface area contributed by atoms with Gasteiger partial charge in [-0.15, -0.1) is 11.8 Å². The minimum Gasteiger partial charge on any atom is -0.354 e. The van der Waals surface area contributed by atoms with Gasteiger partial charge in [-0.1, -0.05) is 95.8 Å². The predicted molar refractivity (Wildman–Crippen MR) is 156 cm³/mol. The van der Waals surface area contributed by atoms with Gasteiger partial charge in [0, 0.05) is 35.3 Å². The highest BCUT2D eigenvalue weighted by molar-refractivity contribution is 7.99. The normalized spacial score (nSPS) is 11.7. The lowest BCUT2D eigenvalue weighted by atomic mass is 10.0. The Bertz CT molecular complexity index is 1180. The Morgan fingerprint density at radius 1 is 0.946 bits per heavy atom. The van der Waals surface area contributed by atoms with E-state index in [0.29, 0.717) is 23.0 Å². The van der Waals surface area contributed by atoms with Crippen molar-refractivity contribution >= 4 is 46.8 Å². The van der Waals surface area contributed by atoms with E-state index in [4.69, 9.17) is 23.2 Å². The molecule has 0 aliphatic heterocycles. The predicted octanol–water partition coefficient (Wildman–Crippen LogP) is 7.01. The zero-order chi connectivity index (χ0) is 26.8. The van der Waals surface area contributed by atoms with Crippen LogP contribution in [0.5, 0.6) is 0 Å². The molecule has 0 aromatic heterocycles. The molecule has 0 aliphatic carbocycles. The van der Waals surface area contributed by atoms with Gasteiger partial charge in [0.25, 0.3) is 0 Å². The standard InChI is InChI=1S/C30H34Cl2N2O2S/c1-4-12-33-30(36)28(16-23-8-6-5-7-9-23)34(18-25-10-11-26(31)17-27(25)32)29(35)20-37-19-24-14-21(2)13-22(3)15-24/h5-11,13-15,17,28H,4,12,16,18-20H2,1-3H3,(H,33,36)/t28-/m0/s1. The minimum absolute atomic E-state index is 0.104. The number of nitrogens with one attached hydrogen (secondary N) is 1. The SMILES string of the molecule is CCCNC(=O)[C@H](Cc1ccccc1)N(Cc1ccc(Cl)cc1Cl)C(=O)CSCc1cc(C)cc(C)c1. The lowest BCUT2D eigenvalue weighted by Gasteiger charge is -2.32. The third-order valence-electron chi connectivity index (χ3n) is 5.95. The number of amides is 2. The van der Waals surface area contributed by atoms with Crippen molar-refractivity contribution in [2.45, 2.75) is 52.0 Å². The summed E-state index contributed by atoms with van der Waals surface area (Å²) in [5, 5.41) is 4.00. The Morgan fingerprint density at radius 3 is 2.30 bits per heavy atom. The average Bonchev–Trinajstić information content (AvgIpc) is 2.85. The molecule has 3 rings (SSSR count). The average molecular weight is 558 g/mol. The summed E-state index contributed by atoms with van der Waals surface area (Å²) in [6.45, 7) is 6.93. The van der Waals surface area contributed by atoms with E-state index in [0.717, 1.165) is 23.3 Å². The third kappa shape index (κ3) is 9.10. The summed E-state index contributed by atoms with van der Waals surface area (Å²) in [7, 11) is 0. The van der Waals surface area contributed by atoms with Crippen molar-refractivity contribution in [2.24, 2.45) is 0 Å². The second kappa shape index (κ2) is 14.5. The molecule has 0 saturated heterocycles. The van der Waals surface area contributed by atoms with Gasteiger partial charge in [-0.05, 0) is 49.1 Å². The van der Waals surface area contributed by atoms with Gasteiger partial charge in [-0.3, -0.25) is 9.59 Å². The number of aryl methyl sites for hydroxylation is 2. The Kier molecular flexibility index (Phi) is 11.4. The second-order valence-electron chi connectivity index (χ2n) is 9.24. The van der Waals surface area contributed by atoms with Crippen LogP contribution >= 0.6 is 35.0 Å². The third-order valence-corrected chi connectivity index (χ3v) is 7.53. The number of carbonyl (C=O) groups excluding carboxylic acids is 2. The molecule has 1 N–H and O–H groups in total. The van der Waals surface area contributed by atoms with E-state index < -0.39 is 6.04 Å². The molecule has 4 nitrogen and oxygen atoms in total. The van der Waals surface area contributed by atoms with Crippen LogP contribution < -0.4 is 5.32 Å². The first kappa shape index (κ1) is 29.1. The molecule has 0 radical (unpaired) electrons. The second-order valence-corrected chi connectivity index (χ2v) is 11.1. The van der Waals surface area contributed by atoms with E-state index >= 15 is 0 Å². The lowest BCUT2D eigenvalue weighted by Crippen LogP contribution is -2.51. The highest BCUT2D eigenvalue weighted by Crippen LogP contribution is 2.25. The molecule has 0 fully saturated rings. The van der Waals surface area contributed by atoms with E-state index in [1.54, 1.807) is 28.8 Å². The van der Waals surface area contributed by atoms with E-state index in [9.17, 15) is 9.59 Å². The zero-order valence-electron chi connectivity index (χ0n) is 21.6. The van der Waals surface area contributed by atoms with Crippen LogP contribution in [0.3, 0.4) is 0 Å². The first-order chi connectivity index (χ1) is 17.8. The molecule has 0 bridgehead atoms. The molecule has 2 amide bonds. The molecule has 0 saturated carbocycles. The number of rotatable bonds is 12. The van der Waals surface area contributed by atoms with Crippen molar-refractivity contribution in [1.29, 1.82) is 0 Å². The number of hydrogen-bond acceptors (Lipinski definition) is 3. The fourth-order valence-corrected chi connectivity index (χ4v) is 5.56. The maximum Gasteiger partial charge on any atom is 0.243 e. The fourth-order valence-electron chi connectivity index (χ4n) is 4.24. The van der Waals surface area contributed by atoms with Crippen molar-refractivity contribution in [3.63, 3.8) is 0 Å². The van der Waals surface area contributed by atoms with Crippen LogP contribution in [-0.2, 0) is 28.3 Å². The van der Waals surface area contributed by atoms with Crippen LogP contribution in [0.4, 0.5) is 0 Å². The van der Waals surface area contributed by atoms with E-state index in [1.807, 2.05) is 43.3 Å². The van der Waals surface area contributed by atoms with Gasteiger partial charge < -0.3 is 10.2 Å². The minimum atomic E-state index is -0.671. The van der Waals surface area contributed by atoms with Gasteiger partial charge in [0.2, 0.25) is 11.8 Å². The van der Waals surface area contributed by atoms with Gasteiger partial charge in [0.1, 0.15) is 6.04 Å². The van der Waals surface area contributed by atoms with Crippen molar-refractivity contribution in [1.82, 2.24) is 10.2 Å². The van der Waals surface area contributed by atoms with E-state index in [2.05, 4.69) is 37.4 Å². The molecule has 196 valence electrons. The van der Waals surface area contributed by atoms with Gasteiger partial charge in [0.05, 0.1) is 5.75 Å². The number of benzene rings is 3. The summed E-state index contributed by atoms with van der Waals surface area (Å²) in [4.78, 5) is 28.8. The Labute approximate surface area is 234 Å². The number of hydrogen-bond donors (Lipinski definition) is 1. The van der Waals surface area contributed by atoms with Gasteiger partial charge in [-0.2, -0.15) is 0 Å². The Hall–Kier alpha value is -2.47. The van der Waals surface area contributed by atoms with Gasteiger partial charge in [-0.25, -0.2) is 0 Å². The lowest BCUT2D eigenvalue weighted by molar-refractivity contribution is -0.139. The molecule has 0 unspecified atom stereocenters. The van der Waals surface area contributed by atoms with Crippen LogP contribution in [0.15, 0.2) is 66.7 Å². The maximum absolute atomic E-state index is 13.7. The zero-order valence-corrected chi connectivity index (χ0v) is 23.9. The summed E-state index contributed by atoms with van der Waals surface area (Å²) in [5.74, 6) is 0.705. The molecule has 3 aromatic carbocycles. The highest BCUT2D eigenvalue weighted by Gasteiger charge is 2.30. The monoisotopic (exact) mass is 556 g/mol. The van der Waals surface area contributed by atoms with Crippen LogP contribution in [0.25, 0.3) is 0 Å². The fraction of sp³-hybridized carbons (Fsp3) is 0.333. The topological polar surface area (TPSA) is 49.4 Å². The molecule has 0 aliphatic rings. The Balaban J connectivity index is 1.87. The summed E-state index contributed by atoms with van der Waals surface area (Å²) in [6.07, 6.45) is 1.22. The smallest absolute Gasteiger partial charge is 0.243 e. The van der Waals surface area contributed by atoms with Crippen LogP contribution in [0, 0.1) is 13.8 Å². The molecule has 0 spiro atoms. The molecule has 1 atom stereocenters. The van der Waals surface area contributed by atoms with Crippen molar-refractivity contribution in [3.05, 3.63) is 105 Å². The molecule has 0 heterocycles. The van der Waals surface area contributed by atoms with Crippen LogP contribution in [0.2, 0.25) is 10.0 Å². The highest BCUT2D eigenvalue weighted by atomic mass is 35.5. The number of halogens is 2. The van der Waals surface area contributed by atoms with Crippen molar-refractivity contribution < 1.29 is 9.59 Å². The molecule has 7 heteroatoms. The first-order valence-electron chi connectivity index (χ1n) is 12.5. The largest absolute Gasteiger partial charge is 0.354 e. The summed E-state index contributed by atoms with van der Waals surface area (Å²) >= 11 is 14.2. The quantitative estimate of drug-likeness (QED) is 0.261. The number of carbonyl (C=O) groups is 2. The van der Waals surface area contributed by atoms with E-state index in [-0.39, 0.29) is 24.1 Å². The maximum atomic E-state index is 13.7. The van der Waals surface area contributed by atoms with Gasteiger partial charge >= 0.3 is 0 Å². The molecule has 37 heavy (non-hydrogen) atoms. The summed E-state index contributed by atoms with van der Waals surface area (Å²) < 4.78 is 0. The van der Waals surface area contributed by atoms with Crippen molar-refractivity contribution in [2.75, 3.05) is 12.3 Å². The van der Waals surface area contributed by atoms with Crippen LogP contribution in [-0.4, -0.2) is 35.1 Å². The number of thioether (sulfide) groups is 1. The summed E-state index contributed by atoms with van der Waals surface area (Å²) in [6, 6.07) is 20.8. The Morgan fingerprint density at radius 2 is 1.65 bits per heavy atom. The molecule has 3 aromatic rings. The summed E-state index contributed by atoms with van der Waals surface area (Å²) in [5.41, 5.74) is 5.33. The molecular formula is C30H34Cl2N2O2S. The number of nitrogens with zero attached hydrogens (tertiary/aromatic N) is 1. The first-order valence-corrected chi connectivity index (χ1v) is 14.4. The van der Waals surface area contributed by atoms with E-state index in [1.165, 1.54) is 16.7 Å².